The summed E-state index contributed by atoms with van der Waals surface area (Å²) in [5.74, 6) is 0.728. The zero-order chi connectivity index (χ0) is 14.0. The van der Waals surface area contributed by atoms with E-state index in [1.165, 1.54) is 19.3 Å². The van der Waals surface area contributed by atoms with Crippen LogP contribution in [0.1, 0.15) is 50.6 Å². The van der Waals surface area contributed by atoms with Crippen LogP contribution in [-0.2, 0) is 0 Å². The summed E-state index contributed by atoms with van der Waals surface area (Å²) in [4.78, 5) is 0. The van der Waals surface area contributed by atoms with Crippen LogP contribution in [0, 0.1) is 17.7 Å². The summed E-state index contributed by atoms with van der Waals surface area (Å²) in [5, 5.41) is 0.135. The van der Waals surface area contributed by atoms with Crippen LogP contribution in [0.4, 0.5) is 4.39 Å². The number of rotatable bonds is 3. The fourth-order valence-corrected chi connectivity index (χ4v) is 3.56. The number of nitrogens with two attached hydrogens (primary N) is 1. The smallest absolute Gasteiger partial charge is 0.147 e. The first-order valence-corrected chi connectivity index (χ1v) is 8.10. The Balaban J connectivity index is 2.19. The molecule has 1 saturated carbocycles. The van der Waals surface area contributed by atoms with Crippen molar-refractivity contribution in [3.05, 3.63) is 33.0 Å². The summed E-state index contributed by atoms with van der Waals surface area (Å²) in [5.41, 5.74) is 6.84. The van der Waals surface area contributed by atoms with Crippen molar-refractivity contribution in [2.45, 2.75) is 45.1 Å². The van der Waals surface area contributed by atoms with Crippen LogP contribution in [0.15, 0.2) is 16.6 Å². The second-order valence-electron chi connectivity index (χ2n) is 5.49. The molecule has 2 N–H and O–H groups in total. The minimum absolute atomic E-state index is 0.135. The molecule has 2 rings (SSSR count). The van der Waals surface area contributed by atoms with Crippen molar-refractivity contribution in [3.63, 3.8) is 0 Å². The van der Waals surface area contributed by atoms with Gasteiger partial charge >= 0.3 is 0 Å². The number of benzene rings is 1. The van der Waals surface area contributed by atoms with E-state index in [0.29, 0.717) is 16.0 Å². The zero-order valence-corrected chi connectivity index (χ0v) is 13.5. The molecule has 1 fully saturated rings. The summed E-state index contributed by atoms with van der Waals surface area (Å²) in [6.45, 7) is 2.22. The lowest BCUT2D eigenvalue weighted by molar-refractivity contribution is 0.228. The Morgan fingerprint density at radius 3 is 2.89 bits per heavy atom. The van der Waals surface area contributed by atoms with Gasteiger partial charge in [-0.25, -0.2) is 4.39 Å². The van der Waals surface area contributed by atoms with Crippen molar-refractivity contribution >= 4 is 27.5 Å². The van der Waals surface area contributed by atoms with Crippen molar-refractivity contribution in [1.29, 1.82) is 0 Å². The summed E-state index contributed by atoms with van der Waals surface area (Å²) >= 11 is 9.18. The van der Waals surface area contributed by atoms with Crippen molar-refractivity contribution in [3.8, 4) is 0 Å². The summed E-state index contributed by atoms with van der Waals surface area (Å²) in [6, 6.07) is 3.28. The maximum absolute atomic E-state index is 14.2. The topological polar surface area (TPSA) is 26.0 Å². The van der Waals surface area contributed by atoms with Crippen LogP contribution in [0.25, 0.3) is 0 Å². The van der Waals surface area contributed by atoms with Crippen LogP contribution < -0.4 is 5.73 Å². The number of hydrogen-bond donors (Lipinski definition) is 1. The predicted molar refractivity (Wildman–Crippen MR) is 81.8 cm³/mol. The van der Waals surface area contributed by atoms with Gasteiger partial charge in [0, 0.05) is 16.1 Å². The molecule has 0 saturated heterocycles. The Bertz CT molecular complexity index is 452. The molecule has 1 aliphatic carbocycles. The van der Waals surface area contributed by atoms with Crippen LogP contribution in [0.3, 0.4) is 0 Å². The lowest BCUT2D eigenvalue weighted by atomic mass is 9.75. The monoisotopic (exact) mass is 347 g/mol. The van der Waals surface area contributed by atoms with E-state index in [2.05, 4.69) is 22.9 Å². The lowest BCUT2D eigenvalue weighted by Gasteiger charge is -2.32. The molecule has 1 aromatic carbocycles. The number of halogens is 3. The highest BCUT2D eigenvalue weighted by atomic mass is 79.9. The summed E-state index contributed by atoms with van der Waals surface area (Å²) < 4.78 is 14.8. The Morgan fingerprint density at radius 2 is 2.21 bits per heavy atom. The predicted octanol–water partition coefficient (Wildman–Crippen LogP) is 5.46. The van der Waals surface area contributed by atoms with Crippen LogP contribution in [0.5, 0.6) is 0 Å². The second kappa shape index (κ2) is 6.55. The van der Waals surface area contributed by atoms with Gasteiger partial charge in [-0.05, 0) is 46.7 Å². The van der Waals surface area contributed by atoms with Crippen LogP contribution in [0.2, 0.25) is 5.02 Å². The Labute approximate surface area is 127 Å². The number of hydrogen-bond acceptors (Lipinski definition) is 1. The van der Waals surface area contributed by atoms with E-state index in [0.717, 1.165) is 18.8 Å². The molecule has 4 heteroatoms. The maximum atomic E-state index is 14.2. The largest absolute Gasteiger partial charge is 0.324 e. The Kier molecular flexibility index (Phi) is 5.27. The first kappa shape index (κ1) is 15.3. The van der Waals surface area contributed by atoms with Gasteiger partial charge in [0.2, 0.25) is 0 Å². The average molecular weight is 349 g/mol. The van der Waals surface area contributed by atoms with Crippen molar-refractivity contribution < 1.29 is 4.39 Å². The van der Waals surface area contributed by atoms with Gasteiger partial charge in [0.15, 0.2) is 0 Å². The second-order valence-corrected chi connectivity index (χ2v) is 6.72. The van der Waals surface area contributed by atoms with E-state index in [1.54, 1.807) is 12.1 Å². The quantitative estimate of drug-likeness (QED) is 0.721. The molecule has 0 aromatic heterocycles. The van der Waals surface area contributed by atoms with Crippen molar-refractivity contribution in [1.82, 2.24) is 0 Å². The molecule has 0 aliphatic heterocycles. The van der Waals surface area contributed by atoms with Gasteiger partial charge in [-0.3, -0.25) is 0 Å². The lowest BCUT2D eigenvalue weighted by Crippen LogP contribution is -2.27. The maximum Gasteiger partial charge on any atom is 0.147 e. The molecule has 0 radical (unpaired) electrons. The molecular weight excluding hydrogens is 329 g/mol. The van der Waals surface area contributed by atoms with E-state index in [9.17, 15) is 4.39 Å². The van der Waals surface area contributed by atoms with Gasteiger partial charge in [0.05, 0.1) is 5.02 Å². The summed E-state index contributed by atoms with van der Waals surface area (Å²) in [6.07, 6.45) is 5.86. The fourth-order valence-electron chi connectivity index (χ4n) is 3.08. The van der Waals surface area contributed by atoms with Crippen LogP contribution >= 0.6 is 27.5 Å². The van der Waals surface area contributed by atoms with E-state index in [4.69, 9.17) is 17.3 Å². The molecular formula is C15H20BrClFN. The van der Waals surface area contributed by atoms with E-state index in [-0.39, 0.29) is 16.9 Å². The molecule has 1 aromatic rings. The van der Waals surface area contributed by atoms with Gasteiger partial charge in [-0.1, -0.05) is 43.9 Å². The molecule has 3 atom stereocenters. The highest BCUT2D eigenvalue weighted by Gasteiger charge is 2.28. The standard InChI is InChI=1S/C15H20BrClFN/c1-2-9-4-3-5-10(8-9)15(19)11-6-7-12(16)13(17)14(11)18/h6-7,9-10,15H,2-5,8,19H2,1H3. The van der Waals surface area contributed by atoms with Gasteiger partial charge in [-0.2, -0.15) is 0 Å². The van der Waals surface area contributed by atoms with Gasteiger partial charge in [0.1, 0.15) is 5.82 Å². The van der Waals surface area contributed by atoms with Crippen LogP contribution in [-0.4, -0.2) is 0 Å². The third-order valence-corrected chi connectivity index (χ3v) is 5.59. The van der Waals surface area contributed by atoms with E-state index >= 15 is 0 Å². The minimum Gasteiger partial charge on any atom is -0.324 e. The van der Waals surface area contributed by atoms with E-state index < -0.39 is 0 Å². The SMILES string of the molecule is CCC1CCCC(C(N)c2ccc(Br)c(Cl)c2F)C1. The highest BCUT2D eigenvalue weighted by Crippen LogP contribution is 2.39. The molecule has 1 nitrogen and oxygen atoms in total. The zero-order valence-electron chi connectivity index (χ0n) is 11.1. The Morgan fingerprint density at radius 1 is 1.47 bits per heavy atom. The minimum atomic E-state index is -0.373. The van der Waals surface area contributed by atoms with Gasteiger partial charge in [-0.15, -0.1) is 0 Å². The molecule has 0 bridgehead atoms. The van der Waals surface area contributed by atoms with Crippen molar-refractivity contribution in [2.24, 2.45) is 17.6 Å². The van der Waals surface area contributed by atoms with E-state index in [1.807, 2.05) is 0 Å². The third kappa shape index (κ3) is 3.32. The first-order valence-electron chi connectivity index (χ1n) is 6.93. The molecule has 0 spiro atoms. The normalized spacial score (nSPS) is 25.3. The van der Waals surface area contributed by atoms with Gasteiger partial charge in [0.25, 0.3) is 0 Å². The first-order chi connectivity index (χ1) is 9.04. The van der Waals surface area contributed by atoms with Gasteiger partial charge < -0.3 is 5.73 Å². The van der Waals surface area contributed by atoms with Crippen molar-refractivity contribution in [2.75, 3.05) is 0 Å². The molecule has 3 unspecified atom stereocenters. The molecule has 0 heterocycles. The molecule has 1 aliphatic rings. The molecule has 19 heavy (non-hydrogen) atoms. The average Bonchev–Trinajstić information content (AvgIpc) is 2.44. The summed E-state index contributed by atoms with van der Waals surface area (Å²) in [7, 11) is 0. The highest BCUT2D eigenvalue weighted by molar-refractivity contribution is 9.10. The third-order valence-electron chi connectivity index (χ3n) is 4.33. The molecule has 106 valence electrons. The fraction of sp³-hybridized carbons (Fsp3) is 0.600. The molecule has 0 amide bonds. The Hall–Kier alpha value is -0.120.